The highest BCUT2D eigenvalue weighted by molar-refractivity contribution is 8.00. The van der Waals surface area contributed by atoms with Crippen LogP contribution in [0, 0.1) is 6.92 Å². The van der Waals surface area contributed by atoms with E-state index in [4.69, 9.17) is 5.11 Å². The van der Waals surface area contributed by atoms with E-state index >= 15 is 0 Å². The third-order valence-electron chi connectivity index (χ3n) is 2.47. The van der Waals surface area contributed by atoms with E-state index in [0.29, 0.717) is 10.8 Å². The molecule has 0 fully saturated rings. The van der Waals surface area contributed by atoms with Crippen molar-refractivity contribution < 1.29 is 14.7 Å². The highest BCUT2D eigenvalue weighted by Crippen LogP contribution is 2.23. The maximum absolute atomic E-state index is 11.8. The van der Waals surface area contributed by atoms with Gasteiger partial charge in [0, 0.05) is 4.90 Å². The zero-order valence-electron chi connectivity index (χ0n) is 10.8. The van der Waals surface area contributed by atoms with Crippen LogP contribution in [0.1, 0.15) is 15.2 Å². The lowest BCUT2D eigenvalue weighted by atomic mass is 10.2. The molecule has 0 aliphatic rings. The number of carbonyl (C=O) groups is 2. The molecule has 0 radical (unpaired) electrons. The van der Waals surface area contributed by atoms with E-state index in [1.807, 2.05) is 31.2 Å². The van der Waals surface area contributed by atoms with E-state index in [2.05, 4.69) is 5.32 Å². The van der Waals surface area contributed by atoms with Crippen LogP contribution in [0.5, 0.6) is 0 Å². The molecule has 0 saturated carbocycles. The van der Waals surface area contributed by atoms with Gasteiger partial charge < -0.3 is 10.4 Å². The summed E-state index contributed by atoms with van der Waals surface area (Å²) in [5.41, 5.74) is 1.18. The number of nitrogens with one attached hydrogen (secondary N) is 1. The first-order valence-corrected chi connectivity index (χ1v) is 7.67. The fourth-order valence-corrected chi connectivity index (χ4v) is 2.94. The molecule has 0 saturated heterocycles. The topological polar surface area (TPSA) is 66.4 Å². The molecule has 104 valence electrons. The first kappa shape index (κ1) is 14.6. The summed E-state index contributed by atoms with van der Waals surface area (Å²) in [6.07, 6.45) is 0. The number of anilines is 1. The van der Waals surface area contributed by atoms with Crippen molar-refractivity contribution in [1.29, 1.82) is 0 Å². The minimum atomic E-state index is -0.982. The van der Waals surface area contributed by atoms with Crippen molar-refractivity contribution in [3.8, 4) is 0 Å². The van der Waals surface area contributed by atoms with Gasteiger partial charge in [0.25, 0.3) is 0 Å². The summed E-state index contributed by atoms with van der Waals surface area (Å²) in [5.74, 6) is -0.831. The minimum absolute atomic E-state index is 0.144. The quantitative estimate of drug-likeness (QED) is 0.830. The van der Waals surface area contributed by atoms with E-state index < -0.39 is 5.97 Å². The highest BCUT2D eigenvalue weighted by atomic mass is 32.2. The average molecular weight is 307 g/mol. The summed E-state index contributed by atoms with van der Waals surface area (Å²) >= 11 is 2.50. The number of carboxylic acid groups (broad SMARTS) is 1. The first-order chi connectivity index (χ1) is 9.54. The number of aryl methyl sites for hydroxylation is 1. The van der Waals surface area contributed by atoms with Gasteiger partial charge in [-0.15, -0.1) is 23.1 Å². The van der Waals surface area contributed by atoms with Gasteiger partial charge in [0.1, 0.15) is 4.88 Å². The van der Waals surface area contributed by atoms with Crippen LogP contribution in [-0.4, -0.2) is 22.7 Å². The lowest BCUT2D eigenvalue weighted by molar-refractivity contribution is -0.113. The molecule has 1 aromatic carbocycles. The van der Waals surface area contributed by atoms with Gasteiger partial charge in [0.15, 0.2) is 0 Å². The highest BCUT2D eigenvalue weighted by Gasteiger charge is 2.09. The van der Waals surface area contributed by atoms with Crippen LogP contribution in [-0.2, 0) is 4.79 Å². The summed E-state index contributed by atoms with van der Waals surface area (Å²) in [4.78, 5) is 23.7. The molecule has 4 nitrogen and oxygen atoms in total. The van der Waals surface area contributed by atoms with Crippen LogP contribution in [0.25, 0.3) is 0 Å². The van der Waals surface area contributed by atoms with Crippen LogP contribution in [0.2, 0.25) is 0 Å². The predicted octanol–water partition coefficient (Wildman–Crippen LogP) is 3.49. The fourth-order valence-electron chi connectivity index (χ4n) is 1.48. The Bertz CT molecular complexity index is 620. The second-order valence-electron chi connectivity index (χ2n) is 4.12. The van der Waals surface area contributed by atoms with Gasteiger partial charge in [0.2, 0.25) is 5.91 Å². The molecule has 1 amide bonds. The summed E-state index contributed by atoms with van der Waals surface area (Å²) in [5, 5.41) is 12.0. The number of benzene rings is 1. The van der Waals surface area contributed by atoms with Crippen molar-refractivity contribution in [2.24, 2.45) is 0 Å². The summed E-state index contributed by atoms with van der Waals surface area (Å²) in [7, 11) is 0. The van der Waals surface area contributed by atoms with Crippen molar-refractivity contribution in [3.63, 3.8) is 0 Å². The molecule has 2 rings (SSSR count). The van der Waals surface area contributed by atoms with Gasteiger partial charge in [-0.1, -0.05) is 17.7 Å². The van der Waals surface area contributed by atoms with Crippen molar-refractivity contribution in [3.05, 3.63) is 46.8 Å². The van der Waals surface area contributed by atoms with Gasteiger partial charge in [-0.25, -0.2) is 4.79 Å². The van der Waals surface area contributed by atoms with Crippen LogP contribution in [0.4, 0.5) is 5.00 Å². The van der Waals surface area contributed by atoms with Crippen molar-refractivity contribution in [1.82, 2.24) is 0 Å². The smallest absolute Gasteiger partial charge is 0.345 e. The molecule has 1 aromatic heterocycles. The molecule has 2 N–H and O–H groups in total. The van der Waals surface area contributed by atoms with E-state index in [1.165, 1.54) is 23.4 Å². The van der Waals surface area contributed by atoms with Gasteiger partial charge in [-0.3, -0.25) is 4.79 Å². The number of aromatic carboxylic acids is 1. The second kappa shape index (κ2) is 6.58. The van der Waals surface area contributed by atoms with Crippen molar-refractivity contribution in [2.75, 3.05) is 11.1 Å². The predicted molar refractivity (Wildman–Crippen MR) is 81.8 cm³/mol. The third kappa shape index (κ3) is 4.11. The lowest BCUT2D eigenvalue weighted by Gasteiger charge is -2.03. The molecule has 0 aliphatic heterocycles. The molecule has 0 atom stereocenters. The summed E-state index contributed by atoms with van der Waals surface area (Å²) in [6, 6.07) is 11.0. The number of thioether (sulfide) groups is 1. The average Bonchev–Trinajstić information content (AvgIpc) is 2.87. The van der Waals surface area contributed by atoms with E-state index in [-0.39, 0.29) is 10.8 Å². The number of carbonyl (C=O) groups excluding carboxylic acids is 1. The molecule has 0 aliphatic carbocycles. The maximum Gasteiger partial charge on any atom is 0.345 e. The Labute approximate surface area is 124 Å². The lowest BCUT2D eigenvalue weighted by Crippen LogP contribution is -2.12. The number of amides is 1. The van der Waals surface area contributed by atoms with Crippen LogP contribution in [0.3, 0.4) is 0 Å². The van der Waals surface area contributed by atoms with Gasteiger partial charge in [-0.2, -0.15) is 0 Å². The SMILES string of the molecule is Cc1ccc(SCC(=O)Nc2ccc(C(=O)O)s2)cc1. The van der Waals surface area contributed by atoms with E-state index in [1.54, 1.807) is 6.07 Å². The molecule has 20 heavy (non-hydrogen) atoms. The Hall–Kier alpha value is -1.79. The van der Waals surface area contributed by atoms with Crippen LogP contribution < -0.4 is 5.32 Å². The normalized spacial score (nSPS) is 10.2. The van der Waals surface area contributed by atoms with Crippen LogP contribution >= 0.6 is 23.1 Å². The first-order valence-electron chi connectivity index (χ1n) is 5.87. The Morgan fingerprint density at radius 3 is 2.50 bits per heavy atom. The molecule has 1 heterocycles. The number of hydrogen-bond acceptors (Lipinski definition) is 4. The van der Waals surface area contributed by atoms with Gasteiger partial charge in [-0.05, 0) is 31.2 Å². The van der Waals surface area contributed by atoms with Crippen molar-refractivity contribution in [2.45, 2.75) is 11.8 Å². The maximum atomic E-state index is 11.8. The molecular formula is C14H13NO3S2. The Balaban J connectivity index is 1.85. The molecule has 6 heteroatoms. The second-order valence-corrected chi connectivity index (χ2v) is 6.25. The summed E-state index contributed by atoms with van der Waals surface area (Å²) < 4.78 is 0. The monoisotopic (exact) mass is 307 g/mol. The standard InChI is InChI=1S/C14H13NO3S2/c1-9-2-4-10(5-3-9)19-8-12(16)15-13-7-6-11(20-13)14(17)18/h2-7H,8H2,1H3,(H,15,16)(H,17,18). The number of hydrogen-bond donors (Lipinski definition) is 2. The molecular weight excluding hydrogens is 294 g/mol. The number of thiophene rings is 1. The molecule has 0 bridgehead atoms. The Kier molecular flexibility index (Phi) is 4.81. The fraction of sp³-hybridized carbons (Fsp3) is 0.143. The van der Waals surface area contributed by atoms with Gasteiger partial charge in [0.05, 0.1) is 10.8 Å². The van der Waals surface area contributed by atoms with Crippen molar-refractivity contribution >= 4 is 40.0 Å². The van der Waals surface area contributed by atoms with E-state index in [0.717, 1.165) is 16.2 Å². The largest absolute Gasteiger partial charge is 0.477 e. The molecule has 0 spiro atoms. The van der Waals surface area contributed by atoms with Gasteiger partial charge >= 0.3 is 5.97 Å². The Morgan fingerprint density at radius 2 is 1.90 bits per heavy atom. The minimum Gasteiger partial charge on any atom is -0.477 e. The van der Waals surface area contributed by atoms with E-state index in [9.17, 15) is 9.59 Å². The zero-order chi connectivity index (χ0) is 14.5. The summed E-state index contributed by atoms with van der Waals surface area (Å²) in [6.45, 7) is 2.01. The Morgan fingerprint density at radius 1 is 1.20 bits per heavy atom. The van der Waals surface area contributed by atoms with Crippen LogP contribution in [0.15, 0.2) is 41.3 Å². The number of rotatable bonds is 5. The molecule has 2 aromatic rings. The number of carboxylic acids is 1. The third-order valence-corrected chi connectivity index (χ3v) is 4.47. The zero-order valence-corrected chi connectivity index (χ0v) is 12.4. The molecule has 0 unspecified atom stereocenters.